The Kier molecular flexibility index (Phi) is 27.6. The van der Waals surface area contributed by atoms with Gasteiger partial charge in [0.05, 0.1) is 142 Å². The van der Waals surface area contributed by atoms with Crippen LogP contribution in [0.2, 0.25) is 0 Å². The highest BCUT2D eigenvalue weighted by Gasteiger charge is 2.26. The molecule has 32 heteroatoms. The fourth-order valence-corrected chi connectivity index (χ4v) is 12.7. The number of nitriles is 3. The van der Waals surface area contributed by atoms with E-state index in [0.717, 1.165) is 81.1 Å². The van der Waals surface area contributed by atoms with Gasteiger partial charge in [0, 0.05) is 121 Å². The number of nitrogens with one attached hydrogen (secondary N) is 1. The summed E-state index contributed by atoms with van der Waals surface area (Å²) in [7, 11) is 4.55. The number of carbonyl (C=O) groups excluding carboxylic acids is 2. The molecule has 0 unspecified atom stereocenters. The number of carboxylic acid groups (broad SMARTS) is 1. The van der Waals surface area contributed by atoms with E-state index >= 15 is 0 Å². The number of hydrogen-bond donors (Lipinski definition) is 5. The molecule has 0 bridgehead atoms. The summed E-state index contributed by atoms with van der Waals surface area (Å²) in [4.78, 5) is 65.6. The predicted molar refractivity (Wildman–Crippen MR) is 444 cm³/mol. The van der Waals surface area contributed by atoms with Crippen LogP contribution in [0, 0.1) is 34.0 Å². The molecule has 610 valence electrons. The van der Waals surface area contributed by atoms with Crippen molar-refractivity contribution in [2.75, 3.05) is 80.4 Å². The number of ether oxygens (including phenoxy) is 6. The van der Waals surface area contributed by atoms with E-state index in [2.05, 4.69) is 64.8 Å². The predicted octanol–water partition coefficient (Wildman–Crippen LogP) is 11.5. The molecule has 0 saturated carbocycles. The van der Waals surface area contributed by atoms with Crippen LogP contribution in [-0.2, 0) is 0 Å². The van der Waals surface area contributed by atoms with Crippen LogP contribution in [-0.4, -0.2) is 204 Å². The molecule has 0 aliphatic carbocycles. The van der Waals surface area contributed by atoms with Gasteiger partial charge in [-0.05, 0) is 139 Å². The smallest absolute Gasteiger partial charge is 0.337 e. The Morgan fingerprint density at radius 1 is 0.445 bits per heavy atom. The Morgan fingerprint density at radius 3 is 1.03 bits per heavy atom. The number of hydrogen-bond acceptors (Lipinski definition) is 25. The van der Waals surface area contributed by atoms with Crippen molar-refractivity contribution < 1.29 is 63.2 Å². The second kappa shape index (κ2) is 38.2. The molecule has 31 nitrogen and oxygen atoms in total. The first kappa shape index (κ1) is 85.9. The number of rotatable bonds is 21. The maximum atomic E-state index is 12.9. The van der Waals surface area contributed by atoms with Gasteiger partial charge in [0.15, 0.2) is 0 Å². The standard InChI is InChI=1S/2C29H28N6O4.C22H23N5O2.C7H7NO3.ClH/c2*1-29(2,37)18-39-23-12-24(27-22(13-30)16-33-35(27)17-23)20-4-6-25(31-14-20)19-8-10-34(11-9-19)28(36)21-5-7-26(38-3)32-15-21;1-22(2,28)14-29-18-9-19(21-17(10-23)12-26-27(21)13-18)16-3-4-20(25-11-16)15-5-7-24-8-6-15;1-11-6-3-2-5(4-8-6)7(9)10;/h2*4-8,12,14-17,37H,9-11,18H2,1-3H3;3-5,9,11-13,24,28H,6-8,14H2,1-2H3;2-4H,1H3,(H,9,10);1H. The molecule has 0 aromatic carbocycles. The van der Waals surface area contributed by atoms with Crippen molar-refractivity contribution in [3.05, 3.63) is 234 Å². The minimum Gasteiger partial charge on any atom is -0.489 e. The average Bonchev–Trinajstić information content (AvgIpc) is 1.27. The highest BCUT2D eigenvalue weighted by Crippen LogP contribution is 2.37. The normalized spacial score (nSPS) is 13.3. The summed E-state index contributed by atoms with van der Waals surface area (Å²) in [6.45, 7) is 14.3. The Morgan fingerprint density at radius 2 is 0.782 bits per heavy atom. The number of carbonyl (C=O) groups is 3. The zero-order chi connectivity index (χ0) is 83.8. The number of aromatic carboxylic acids is 1. The van der Waals surface area contributed by atoms with Crippen LogP contribution in [0.3, 0.4) is 0 Å². The largest absolute Gasteiger partial charge is 0.489 e. The third-order valence-electron chi connectivity index (χ3n) is 18.7. The maximum Gasteiger partial charge on any atom is 0.337 e. The van der Waals surface area contributed by atoms with Gasteiger partial charge in [0.1, 0.15) is 55.3 Å². The highest BCUT2D eigenvalue weighted by molar-refractivity contribution is 5.96. The minimum atomic E-state index is -1.00. The first-order valence-corrected chi connectivity index (χ1v) is 37.5. The number of pyridine rings is 9. The third-order valence-corrected chi connectivity index (χ3v) is 18.7. The van der Waals surface area contributed by atoms with Gasteiger partial charge in [-0.15, -0.1) is 12.4 Å². The van der Waals surface area contributed by atoms with Gasteiger partial charge in [0.2, 0.25) is 17.6 Å². The van der Waals surface area contributed by atoms with E-state index in [1.54, 1.807) is 126 Å². The number of halogens is 1. The molecule has 15 heterocycles. The first-order chi connectivity index (χ1) is 56.7. The van der Waals surface area contributed by atoms with Crippen LogP contribution >= 0.6 is 12.4 Å². The van der Waals surface area contributed by atoms with E-state index in [1.165, 1.54) is 70.0 Å². The fourth-order valence-electron chi connectivity index (χ4n) is 12.7. The number of carboxylic acids is 1. The fraction of sp³-hybridized carbons (Fsp3) is 0.276. The van der Waals surface area contributed by atoms with Gasteiger partial charge in [-0.3, -0.25) is 24.5 Å². The summed E-state index contributed by atoms with van der Waals surface area (Å²) >= 11 is 0. The quantitative estimate of drug-likeness (QED) is 0.0446. The number of fused-ring (bicyclic) bond motifs is 3. The topological polar surface area (TPSA) is 407 Å². The number of aliphatic hydroxyl groups is 3. The van der Waals surface area contributed by atoms with Crippen molar-refractivity contribution >= 4 is 63.5 Å². The van der Waals surface area contributed by atoms with Crippen LogP contribution in [0.25, 0.3) is 66.7 Å². The van der Waals surface area contributed by atoms with Crippen molar-refractivity contribution in [2.24, 2.45) is 0 Å². The van der Waals surface area contributed by atoms with Gasteiger partial charge in [-0.25, -0.2) is 33.3 Å². The molecule has 3 aliphatic heterocycles. The van der Waals surface area contributed by atoms with Crippen LogP contribution in [0.4, 0.5) is 0 Å². The number of aromatic nitrogens is 12. The second-order valence-corrected chi connectivity index (χ2v) is 29.5. The summed E-state index contributed by atoms with van der Waals surface area (Å²) in [5.41, 5.74) is 12.4. The molecule has 119 heavy (non-hydrogen) atoms. The van der Waals surface area contributed by atoms with Gasteiger partial charge in [-0.2, -0.15) is 31.1 Å². The summed E-state index contributed by atoms with van der Waals surface area (Å²) in [6.07, 6.45) is 27.8. The van der Waals surface area contributed by atoms with Crippen LogP contribution in [0.1, 0.15) is 126 Å². The third kappa shape index (κ3) is 21.8. The maximum absolute atomic E-state index is 12.9. The first-order valence-electron chi connectivity index (χ1n) is 37.5. The molecule has 0 fully saturated rings. The summed E-state index contributed by atoms with van der Waals surface area (Å²) in [5, 5.41) is 83.5. The Hall–Kier alpha value is -14.0. The molecule has 15 rings (SSSR count). The highest BCUT2D eigenvalue weighted by atomic mass is 35.5. The van der Waals surface area contributed by atoms with Gasteiger partial charge < -0.3 is 64.0 Å². The molecule has 3 aliphatic rings. The molecule has 0 spiro atoms. The van der Waals surface area contributed by atoms with Gasteiger partial charge in [0.25, 0.3) is 11.8 Å². The number of amides is 2. The van der Waals surface area contributed by atoms with Crippen molar-refractivity contribution in [1.82, 2.24) is 73.9 Å². The molecular weight excluding hydrogens is 1540 g/mol. The van der Waals surface area contributed by atoms with E-state index in [4.69, 9.17) is 43.5 Å². The van der Waals surface area contributed by atoms with Crippen LogP contribution in [0.5, 0.6) is 34.9 Å². The zero-order valence-corrected chi connectivity index (χ0v) is 67.6. The molecule has 12 aromatic rings. The van der Waals surface area contributed by atoms with Gasteiger partial charge >= 0.3 is 5.97 Å². The zero-order valence-electron chi connectivity index (χ0n) is 66.8. The molecule has 0 radical (unpaired) electrons. The lowest BCUT2D eigenvalue weighted by Crippen LogP contribution is -2.34. The monoisotopic (exact) mass is 1630 g/mol. The van der Waals surface area contributed by atoms with Crippen molar-refractivity contribution in [3.63, 3.8) is 0 Å². The van der Waals surface area contributed by atoms with E-state index < -0.39 is 22.8 Å². The van der Waals surface area contributed by atoms with E-state index in [1.807, 2.05) is 72.9 Å². The average molecular weight is 1630 g/mol. The van der Waals surface area contributed by atoms with Crippen LogP contribution in [0.15, 0.2) is 184 Å². The molecule has 2 amide bonds. The lowest BCUT2D eigenvalue weighted by Gasteiger charge is -2.26. The molecule has 5 N–H and O–H groups in total. The van der Waals surface area contributed by atoms with Crippen molar-refractivity contribution in [3.8, 4) is 86.5 Å². The van der Waals surface area contributed by atoms with E-state index in [0.29, 0.717) is 118 Å². The lowest BCUT2D eigenvalue weighted by molar-refractivity contribution is 0.0280. The van der Waals surface area contributed by atoms with Crippen molar-refractivity contribution in [1.29, 1.82) is 15.8 Å². The van der Waals surface area contributed by atoms with E-state index in [-0.39, 0.29) is 49.6 Å². The number of nitrogens with zero attached hydrogens (tertiary/aromatic N) is 17. The molecular formula is C87H87ClN18O13. The Balaban J connectivity index is 0.000000165. The van der Waals surface area contributed by atoms with Crippen LogP contribution < -0.4 is 33.7 Å². The van der Waals surface area contributed by atoms with E-state index in [9.17, 15) is 45.5 Å². The summed E-state index contributed by atoms with van der Waals surface area (Å²) in [5.74, 6) is 1.80. The number of methoxy groups -OCH3 is 3. The van der Waals surface area contributed by atoms with Gasteiger partial charge in [-0.1, -0.05) is 36.4 Å². The minimum absolute atomic E-state index is 0. The molecule has 0 atom stereocenters. The Bertz CT molecular complexity index is 5610. The SMILES string of the molecule is CC(C)(O)COc1cc(-c2ccc(C3=CCNCC3)nc2)c2c(C#N)cnn2c1.COc1ccc(C(=O)N2CC=C(c3ccc(-c4cc(OCC(C)(C)O)cn5ncc(C#N)c45)cn3)CC2)cn1.COc1ccc(C(=O)N2CC=C(c3ccc(-c4cc(OCC(C)(C)O)cn5ncc(C#N)c45)cn3)CC2)cn1.COc1ccc(C(=O)O)cn1.Cl. The second-order valence-electron chi connectivity index (χ2n) is 29.5. The Labute approximate surface area is 691 Å². The lowest BCUT2D eigenvalue weighted by atomic mass is 10.0. The summed E-state index contributed by atoms with van der Waals surface area (Å²) < 4.78 is 37.1. The molecule has 0 saturated heterocycles. The van der Waals surface area contributed by atoms with Crippen molar-refractivity contribution in [2.45, 2.75) is 77.6 Å². The summed E-state index contributed by atoms with van der Waals surface area (Å²) in [6, 6.07) is 33.6. The molecule has 12 aromatic heterocycles.